The van der Waals surface area contributed by atoms with Gasteiger partial charge in [0.25, 0.3) is 11.5 Å². The Bertz CT molecular complexity index is 1180. The highest BCUT2D eigenvalue weighted by atomic mass is 32.1. The highest BCUT2D eigenvalue weighted by Crippen LogP contribution is 2.20. The van der Waals surface area contributed by atoms with Gasteiger partial charge in [0.05, 0.1) is 11.4 Å². The van der Waals surface area contributed by atoms with Crippen LogP contribution in [0.5, 0.6) is 0 Å². The summed E-state index contributed by atoms with van der Waals surface area (Å²) in [7, 11) is 0. The molecular formula is C19H17N7O2S. The quantitative estimate of drug-likeness (QED) is 0.521. The van der Waals surface area contributed by atoms with Crippen LogP contribution in [0, 0.1) is 6.92 Å². The molecule has 0 aromatic carbocycles. The van der Waals surface area contributed by atoms with Gasteiger partial charge in [0, 0.05) is 25.0 Å². The fraction of sp³-hybridized carbons (Fsp3) is 0.158. The van der Waals surface area contributed by atoms with Crippen molar-refractivity contribution in [3.05, 3.63) is 76.0 Å². The van der Waals surface area contributed by atoms with Crippen molar-refractivity contribution in [2.45, 2.75) is 13.5 Å². The summed E-state index contributed by atoms with van der Waals surface area (Å²) >= 11 is 1.55. The summed E-state index contributed by atoms with van der Waals surface area (Å²) in [4.78, 5) is 29.4. The Morgan fingerprint density at radius 3 is 2.76 bits per heavy atom. The van der Waals surface area contributed by atoms with Gasteiger partial charge in [-0.25, -0.2) is 9.67 Å². The van der Waals surface area contributed by atoms with E-state index < -0.39 is 0 Å². The summed E-state index contributed by atoms with van der Waals surface area (Å²) in [6.45, 7) is 2.35. The Balaban J connectivity index is 1.38. The zero-order valence-corrected chi connectivity index (χ0v) is 16.3. The van der Waals surface area contributed by atoms with Crippen LogP contribution in [0.15, 0.2) is 59.0 Å². The van der Waals surface area contributed by atoms with E-state index in [1.807, 2.05) is 24.4 Å². The van der Waals surface area contributed by atoms with Crippen molar-refractivity contribution in [3.63, 3.8) is 0 Å². The molecule has 4 rings (SSSR count). The van der Waals surface area contributed by atoms with E-state index in [9.17, 15) is 9.59 Å². The van der Waals surface area contributed by atoms with Gasteiger partial charge in [-0.15, -0.1) is 21.5 Å². The molecule has 1 amide bonds. The topological polar surface area (TPSA) is 108 Å². The van der Waals surface area contributed by atoms with Crippen LogP contribution in [0.4, 0.5) is 0 Å². The van der Waals surface area contributed by atoms with Crippen LogP contribution in [0.1, 0.15) is 16.3 Å². The Kier molecular flexibility index (Phi) is 5.25. The molecule has 0 saturated heterocycles. The molecule has 0 unspecified atom stereocenters. The molecule has 10 heteroatoms. The van der Waals surface area contributed by atoms with Crippen LogP contribution in [-0.2, 0) is 6.54 Å². The normalized spacial score (nSPS) is 10.8. The molecule has 146 valence electrons. The summed E-state index contributed by atoms with van der Waals surface area (Å²) in [5.41, 5.74) is 0.695. The standard InChI is InChI=1S/C19H17N7O2S/c1-13-20-8-10-25(13)17-6-4-15(22-23-17)19(28)21-9-11-26-18(27)7-5-14(24-26)16-3-2-12-29-16/h2-8,10,12H,9,11H2,1H3,(H,21,28). The van der Waals surface area contributed by atoms with Gasteiger partial charge in [-0.1, -0.05) is 6.07 Å². The number of carbonyl (C=O) groups is 1. The third-order valence-corrected chi connectivity index (χ3v) is 5.10. The summed E-state index contributed by atoms with van der Waals surface area (Å²) in [6.07, 6.45) is 3.44. The van der Waals surface area contributed by atoms with Gasteiger partial charge in [0.1, 0.15) is 11.5 Å². The zero-order chi connectivity index (χ0) is 20.2. The van der Waals surface area contributed by atoms with Crippen molar-refractivity contribution in [2.75, 3.05) is 6.54 Å². The zero-order valence-electron chi connectivity index (χ0n) is 15.5. The van der Waals surface area contributed by atoms with Crippen molar-refractivity contribution in [1.29, 1.82) is 0 Å². The molecule has 0 spiro atoms. The number of rotatable bonds is 6. The third-order valence-electron chi connectivity index (χ3n) is 4.21. The third kappa shape index (κ3) is 4.11. The second kappa shape index (κ2) is 8.15. The summed E-state index contributed by atoms with van der Waals surface area (Å²) < 4.78 is 3.11. The van der Waals surface area contributed by atoms with Gasteiger partial charge in [-0.2, -0.15) is 5.10 Å². The van der Waals surface area contributed by atoms with Crippen LogP contribution in [-0.4, -0.2) is 42.0 Å². The molecule has 0 radical (unpaired) electrons. The first-order valence-corrected chi connectivity index (χ1v) is 9.74. The van der Waals surface area contributed by atoms with Gasteiger partial charge >= 0.3 is 0 Å². The molecule has 29 heavy (non-hydrogen) atoms. The summed E-state index contributed by atoms with van der Waals surface area (Å²) in [5, 5.41) is 17.1. The average molecular weight is 407 g/mol. The first kappa shape index (κ1) is 18.7. The van der Waals surface area contributed by atoms with E-state index in [2.05, 4.69) is 25.6 Å². The highest BCUT2D eigenvalue weighted by Gasteiger charge is 2.10. The molecule has 0 atom stereocenters. The van der Waals surface area contributed by atoms with Crippen molar-refractivity contribution in [2.24, 2.45) is 0 Å². The van der Waals surface area contributed by atoms with Crippen molar-refractivity contribution in [3.8, 4) is 16.4 Å². The highest BCUT2D eigenvalue weighted by molar-refractivity contribution is 7.13. The van der Waals surface area contributed by atoms with E-state index in [1.165, 1.54) is 10.7 Å². The first-order chi connectivity index (χ1) is 14.1. The van der Waals surface area contributed by atoms with Gasteiger partial charge in [0.2, 0.25) is 0 Å². The van der Waals surface area contributed by atoms with Crippen LogP contribution in [0.25, 0.3) is 16.4 Å². The predicted octanol–water partition coefficient (Wildman–Crippen LogP) is 1.69. The maximum absolute atomic E-state index is 12.3. The van der Waals surface area contributed by atoms with Gasteiger partial charge in [0.15, 0.2) is 11.5 Å². The number of thiophene rings is 1. The number of imidazole rings is 1. The molecule has 0 saturated carbocycles. The SMILES string of the molecule is Cc1nccn1-c1ccc(C(=O)NCCn2nc(-c3cccs3)ccc2=O)nn1. The molecule has 0 aliphatic heterocycles. The largest absolute Gasteiger partial charge is 0.349 e. The van der Waals surface area contributed by atoms with E-state index in [0.29, 0.717) is 5.82 Å². The van der Waals surface area contributed by atoms with Crippen LogP contribution >= 0.6 is 11.3 Å². The molecule has 4 aromatic rings. The second-order valence-corrected chi connectivity index (χ2v) is 7.08. The molecule has 9 nitrogen and oxygen atoms in total. The second-order valence-electron chi connectivity index (χ2n) is 6.13. The number of aryl methyl sites for hydroxylation is 1. The van der Waals surface area contributed by atoms with Crippen LogP contribution in [0.2, 0.25) is 0 Å². The fourth-order valence-electron chi connectivity index (χ4n) is 2.73. The van der Waals surface area contributed by atoms with E-state index in [-0.39, 0.29) is 30.2 Å². The molecule has 4 heterocycles. The minimum atomic E-state index is -0.367. The minimum absolute atomic E-state index is 0.194. The number of hydrogen-bond donors (Lipinski definition) is 1. The smallest absolute Gasteiger partial charge is 0.271 e. The van der Waals surface area contributed by atoms with Gasteiger partial charge < -0.3 is 5.32 Å². The molecule has 0 fully saturated rings. The van der Waals surface area contributed by atoms with Crippen molar-refractivity contribution in [1.82, 2.24) is 34.8 Å². The van der Waals surface area contributed by atoms with E-state index >= 15 is 0 Å². The number of aromatic nitrogens is 6. The number of nitrogens with zero attached hydrogens (tertiary/aromatic N) is 6. The Morgan fingerprint density at radius 1 is 1.17 bits per heavy atom. The average Bonchev–Trinajstić information content (AvgIpc) is 3.41. The number of nitrogens with one attached hydrogen (secondary N) is 1. The molecule has 1 N–H and O–H groups in total. The first-order valence-electron chi connectivity index (χ1n) is 8.86. The molecular weight excluding hydrogens is 390 g/mol. The van der Waals surface area contributed by atoms with Gasteiger partial charge in [-0.3, -0.25) is 14.2 Å². The Hall–Kier alpha value is -3.66. The van der Waals surface area contributed by atoms with E-state index in [4.69, 9.17) is 0 Å². The lowest BCUT2D eigenvalue weighted by atomic mass is 10.3. The van der Waals surface area contributed by atoms with Crippen LogP contribution < -0.4 is 10.9 Å². The Labute approximate surface area is 169 Å². The molecule has 4 aromatic heterocycles. The van der Waals surface area contributed by atoms with Crippen molar-refractivity contribution >= 4 is 17.2 Å². The monoisotopic (exact) mass is 407 g/mol. The number of amides is 1. The predicted molar refractivity (Wildman–Crippen MR) is 108 cm³/mol. The maximum atomic E-state index is 12.3. The van der Waals surface area contributed by atoms with Gasteiger partial charge in [-0.05, 0) is 36.6 Å². The van der Waals surface area contributed by atoms with E-state index in [0.717, 1.165) is 16.4 Å². The van der Waals surface area contributed by atoms with Crippen LogP contribution in [0.3, 0.4) is 0 Å². The number of carbonyl (C=O) groups excluding carboxylic acids is 1. The summed E-state index contributed by atoms with van der Waals surface area (Å²) in [5.74, 6) is 0.991. The summed E-state index contributed by atoms with van der Waals surface area (Å²) in [6, 6.07) is 10.3. The van der Waals surface area contributed by atoms with E-state index in [1.54, 1.807) is 46.5 Å². The minimum Gasteiger partial charge on any atom is -0.349 e. The number of hydrogen-bond acceptors (Lipinski definition) is 7. The fourth-order valence-corrected chi connectivity index (χ4v) is 3.42. The lowest BCUT2D eigenvalue weighted by molar-refractivity contribution is 0.0945. The molecule has 0 aliphatic carbocycles. The Morgan fingerprint density at radius 2 is 2.07 bits per heavy atom. The maximum Gasteiger partial charge on any atom is 0.271 e. The lowest BCUT2D eigenvalue weighted by Gasteiger charge is -2.08. The lowest BCUT2D eigenvalue weighted by Crippen LogP contribution is -2.32. The molecule has 0 bridgehead atoms. The molecule has 0 aliphatic rings. The van der Waals surface area contributed by atoms with Crippen molar-refractivity contribution < 1.29 is 4.79 Å².